The average molecular weight is 303 g/mol. The molecular weight excluding hydrogens is 284 g/mol. The number of aryl methyl sites for hydroxylation is 1. The summed E-state index contributed by atoms with van der Waals surface area (Å²) in [6.45, 7) is 2.67. The minimum atomic E-state index is -0.449. The van der Waals surface area contributed by atoms with Crippen molar-refractivity contribution in [2.24, 2.45) is 0 Å². The Labute approximate surface area is 130 Å². The highest BCUT2D eigenvalue weighted by Crippen LogP contribution is 2.36. The fourth-order valence-electron chi connectivity index (χ4n) is 2.95. The van der Waals surface area contributed by atoms with Gasteiger partial charge in [0.15, 0.2) is 0 Å². The largest absolute Gasteiger partial charge is 0.493 e. The molecule has 0 aromatic heterocycles. The van der Waals surface area contributed by atoms with Gasteiger partial charge < -0.3 is 9.84 Å². The lowest BCUT2D eigenvalue weighted by Crippen LogP contribution is -2.26. The first-order valence-corrected chi connectivity index (χ1v) is 7.68. The number of benzene rings is 2. The number of aliphatic hydroxyl groups excluding tert-OH is 1. The van der Waals surface area contributed by atoms with E-state index in [1.807, 2.05) is 49.4 Å². The van der Waals surface area contributed by atoms with E-state index in [-0.39, 0.29) is 5.92 Å². The van der Waals surface area contributed by atoms with Crippen molar-refractivity contribution < 1.29 is 9.84 Å². The first-order chi connectivity index (χ1) is 10.1. The summed E-state index contributed by atoms with van der Waals surface area (Å²) in [6.07, 6.45) is 0.954. The van der Waals surface area contributed by atoms with Gasteiger partial charge in [-0.05, 0) is 42.2 Å². The van der Waals surface area contributed by atoms with Crippen molar-refractivity contribution in [3.05, 3.63) is 64.2 Å². The summed E-state index contributed by atoms with van der Waals surface area (Å²) in [5, 5.41) is 11.4. The molecule has 1 heterocycles. The molecule has 21 heavy (non-hydrogen) atoms. The van der Waals surface area contributed by atoms with Crippen LogP contribution in [0.25, 0.3) is 0 Å². The molecule has 0 saturated heterocycles. The lowest BCUT2D eigenvalue weighted by atomic mass is 9.85. The molecule has 0 saturated carbocycles. The smallest absolute Gasteiger partial charge is 0.122 e. The summed E-state index contributed by atoms with van der Waals surface area (Å²) < 4.78 is 5.66. The SMILES string of the molecule is Cc1ccc(CC(O)C2CCOc3ccccc32)c(Cl)c1. The van der Waals surface area contributed by atoms with E-state index in [9.17, 15) is 5.11 Å². The van der Waals surface area contributed by atoms with Gasteiger partial charge in [-0.15, -0.1) is 0 Å². The summed E-state index contributed by atoms with van der Waals surface area (Å²) in [5.74, 6) is 0.995. The third-order valence-electron chi connectivity index (χ3n) is 4.11. The maximum Gasteiger partial charge on any atom is 0.122 e. The lowest BCUT2D eigenvalue weighted by Gasteiger charge is -2.29. The normalized spacial score (nSPS) is 18.7. The van der Waals surface area contributed by atoms with Gasteiger partial charge in [0.1, 0.15) is 5.75 Å². The molecule has 1 aliphatic heterocycles. The van der Waals surface area contributed by atoms with E-state index in [2.05, 4.69) is 0 Å². The van der Waals surface area contributed by atoms with Crippen molar-refractivity contribution in [3.8, 4) is 5.75 Å². The second-order valence-corrected chi connectivity index (χ2v) is 6.05. The number of aliphatic hydroxyl groups is 1. The van der Waals surface area contributed by atoms with Crippen molar-refractivity contribution in [2.45, 2.75) is 31.8 Å². The van der Waals surface area contributed by atoms with Crippen molar-refractivity contribution >= 4 is 11.6 Å². The minimum absolute atomic E-state index is 0.104. The van der Waals surface area contributed by atoms with Gasteiger partial charge in [-0.1, -0.05) is 41.9 Å². The predicted octanol–water partition coefficient (Wildman–Crippen LogP) is 4.12. The van der Waals surface area contributed by atoms with Crippen LogP contribution in [0.3, 0.4) is 0 Å². The molecule has 0 spiro atoms. The molecule has 3 heteroatoms. The molecule has 2 nitrogen and oxygen atoms in total. The summed E-state index contributed by atoms with van der Waals surface area (Å²) in [5.41, 5.74) is 3.23. The molecule has 3 rings (SSSR count). The van der Waals surface area contributed by atoms with Crippen LogP contribution in [-0.4, -0.2) is 17.8 Å². The Balaban J connectivity index is 1.81. The number of fused-ring (bicyclic) bond motifs is 1. The Hall–Kier alpha value is -1.51. The van der Waals surface area contributed by atoms with Gasteiger partial charge >= 0.3 is 0 Å². The van der Waals surface area contributed by atoms with Crippen molar-refractivity contribution in [3.63, 3.8) is 0 Å². The molecule has 2 aromatic carbocycles. The van der Waals surface area contributed by atoms with E-state index < -0.39 is 6.10 Å². The highest BCUT2D eigenvalue weighted by molar-refractivity contribution is 6.31. The van der Waals surface area contributed by atoms with Gasteiger partial charge in [-0.2, -0.15) is 0 Å². The van der Waals surface area contributed by atoms with Gasteiger partial charge in [0.05, 0.1) is 12.7 Å². The van der Waals surface area contributed by atoms with Crippen molar-refractivity contribution in [1.29, 1.82) is 0 Å². The van der Waals surface area contributed by atoms with Gasteiger partial charge in [0.2, 0.25) is 0 Å². The number of hydrogen-bond acceptors (Lipinski definition) is 2. The van der Waals surface area contributed by atoms with Crippen LogP contribution < -0.4 is 4.74 Å². The highest BCUT2D eigenvalue weighted by atomic mass is 35.5. The van der Waals surface area contributed by atoms with E-state index in [1.54, 1.807) is 0 Å². The second kappa shape index (κ2) is 6.08. The monoisotopic (exact) mass is 302 g/mol. The summed E-state index contributed by atoms with van der Waals surface area (Å²) in [7, 11) is 0. The maximum absolute atomic E-state index is 10.7. The molecule has 2 unspecified atom stereocenters. The lowest BCUT2D eigenvalue weighted by molar-refractivity contribution is 0.116. The van der Waals surface area contributed by atoms with Crippen LogP contribution in [0.2, 0.25) is 5.02 Å². The highest BCUT2D eigenvalue weighted by Gasteiger charge is 2.27. The standard InChI is InChI=1S/C18H19ClO2/c1-12-6-7-13(16(19)10-12)11-17(20)14-8-9-21-18-5-3-2-4-15(14)18/h2-7,10,14,17,20H,8-9,11H2,1H3. The Morgan fingerprint density at radius 3 is 2.90 bits per heavy atom. The summed E-state index contributed by atoms with van der Waals surface area (Å²) >= 11 is 6.28. The number of rotatable bonds is 3. The number of hydrogen-bond donors (Lipinski definition) is 1. The molecule has 2 aromatic rings. The first-order valence-electron chi connectivity index (χ1n) is 7.30. The van der Waals surface area contributed by atoms with E-state index in [1.165, 1.54) is 0 Å². The summed E-state index contributed by atoms with van der Waals surface area (Å²) in [4.78, 5) is 0. The molecule has 2 atom stereocenters. The Morgan fingerprint density at radius 1 is 1.29 bits per heavy atom. The zero-order valence-electron chi connectivity index (χ0n) is 12.1. The molecule has 0 fully saturated rings. The van der Waals surface area contributed by atoms with Crippen LogP contribution in [0.1, 0.15) is 29.0 Å². The van der Waals surface area contributed by atoms with Crippen LogP contribution in [0, 0.1) is 6.92 Å². The van der Waals surface area contributed by atoms with Gasteiger partial charge in [-0.3, -0.25) is 0 Å². The first kappa shape index (κ1) is 14.4. The van der Waals surface area contributed by atoms with Crippen molar-refractivity contribution in [1.82, 2.24) is 0 Å². The van der Waals surface area contributed by atoms with Crippen LogP contribution in [0.5, 0.6) is 5.75 Å². The molecule has 0 amide bonds. The van der Waals surface area contributed by atoms with E-state index in [0.29, 0.717) is 13.0 Å². The Morgan fingerprint density at radius 2 is 2.10 bits per heavy atom. The Kier molecular flexibility index (Phi) is 4.18. The van der Waals surface area contributed by atoms with Crippen LogP contribution >= 0.6 is 11.6 Å². The Bertz CT molecular complexity index is 639. The zero-order chi connectivity index (χ0) is 14.8. The minimum Gasteiger partial charge on any atom is -0.493 e. The van der Waals surface area contributed by atoms with E-state index >= 15 is 0 Å². The van der Waals surface area contributed by atoms with Gasteiger partial charge in [-0.25, -0.2) is 0 Å². The number of para-hydroxylation sites is 1. The quantitative estimate of drug-likeness (QED) is 0.924. The van der Waals surface area contributed by atoms with Gasteiger partial charge in [0, 0.05) is 17.4 Å². The van der Waals surface area contributed by atoms with E-state index in [4.69, 9.17) is 16.3 Å². The molecule has 1 aliphatic rings. The number of halogens is 1. The van der Waals surface area contributed by atoms with E-state index in [0.717, 1.165) is 33.9 Å². The summed E-state index contributed by atoms with van der Waals surface area (Å²) in [6, 6.07) is 13.9. The van der Waals surface area contributed by atoms with Crippen molar-refractivity contribution in [2.75, 3.05) is 6.61 Å². The molecule has 110 valence electrons. The van der Waals surface area contributed by atoms with Gasteiger partial charge in [0.25, 0.3) is 0 Å². The number of ether oxygens (including phenoxy) is 1. The average Bonchev–Trinajstić information content (AvgIpc) is 2.49. The fourth-order valence-corrected chi connectivity index (χ4v) is 3.27. The second-order valence-electron chi connectivity index (χ2n) is 5.65. The van der Waals surface area contributed by atoms with Crippen LogP contribution in [0.15, 0.2) is 42.5 Å². The fraction of sp³-hybridized carbons (Fsp3) is 0.333. The molecule has 0 bridgehead atoms. The molecule has 1 N–H and O–H groups in total. The van der Waals surface area contributed by atoms with Crippen LogP contribution in [-0.2, 0) is 6.42 Å². The molecule has 0 radical (unpaired) electrons. The third-order valence-corrected chi connectivity index (χ3v) is 4.46. The predicted molar refractivity (Wildman–Crippen MR) is 85.2 cm³/mol. The molecular formula is C18H19ClO2. The maximum atomic E-state index is 10.7. The molecule has 0 aliphatic carbocycles. The topological polar surface area (TPSA) is 29.5 Å². The van der Waals surface area contributed by atoms with Crippen LogP contribution in [0.4, 0.5) is 0 Å². The third kappa shape index (κ3) is 3.07. The zero-order valence-corrected chi connectivity index (χ0v) is 12.8.